The molecule has 5 heteroatoms. The van der Waals surface area contributed by atoms with Gasteiger partial charge in [-0.1, -0.05) is 39.0 Å². The first kappa shape index (κ1) is 20.6. The van der Waals surface area contributed by atoms with Crippen LogP contribution in [0, 0.1) is 0 Å². The van der Waals surface area contributed by atoms with E-state index in [2.05, 4.69) is 38.2 Å². The van der Waals surface area contributed by atoms with Crippen LogP contribution in [0.15, 0.2) is 48.5 Å². The smallest absolute Gasteiger partial charge is 0.260 e. The highest BCUT2D eigenvalue weighted by atomic mass is 16.5. The van der Waals surface area contributed by atoms with Gasteiger partial charge < -0.3 is 19.5 Å². The lowest BCUT2D eigenvalue weighted by Gasteiger charge is -2.19. The number of carbonyl (C=O) groups excluding carboxylic acids is 1. The molecule has 0 heterocycles. The topological polar surface area (TPSA) is 56.8 Å². The van der Waals surface area contributed by atoms with E-state index in [1.165, 1.54) is 5.56 Å². The lowest BCUT2D eigenvalue weighted by atomic mass is 9.87. The number of nitrogens with one attached hydrogen (secondary N) is 1. The van der Waals surface area contributed by atoms with Gasteiger partial charge in [-0.15, -0.1) is 0 Å². The molecule has 0 spiro atoms. The summed E-state index contributed by atoms with van der Waals surface area (Å²) in [5.41, 5.74) is 1.37. The second-order valence-corrected chi connectivity index (χ2v) is 7.35. The minimum atomic E-state index is -0.608. The number of rotatable bonds is 8. The van der Waals surface area contributed by atoms with Gasteiger partial charge in [0.15, 0.2) is 6.10 Å². The fourth-order valence-corrected chi connectivity index (χ4v) is 2.47. The third kappa shape index (κ3) is 6.51. The van der Waals surface area contributed by atoms with E-state index in [0.717, 1.165) is 5.75 Å². The molecule has 1 atom stereocenters. The van der Waals surface area contributed by atoms with Crippen molar-refractivity contribution in [1.29, 1.82) is 0 Å². The predicted molar refractivity (Wildman–Crippen MR) is 107 cm³/mol. The molecule has 2 aromatic carbocycles. The summed E-state index contributed by atoms with van der Waals surface area (Å²) in [6.07, 6.45) is -0.608. The first-order chi connectivity index (χ1) is 12.8. The van der Waals surface area contributed by atoms with Crippen molar-refractivity contribution in [3.05, 3.63) is 54.1 Å². The minimum Gasteiger partial charge on any atom is -0.497 e. The summed E-state index contributed by atoms with van der Waals surface area (Å²) in [6.45, 7) is 9.03. The van der Waals surface area contributed by atoms with Crippen molar-refractivity contribution in [3.8, 4) is 17.2 Å². The second kappa shape index (κ2) is 9.31. The Balaban J connectivity index is 1.73. The zero-order chi connectivity index (χ0) is 19.9. The number of ether oxygens (including phenoxy) is 3. The van der Waals surface area contributed by atoms with Crippen LogP contribution >= 0.6 is 0 Å². The van der Waals surface area contributed by atoms with Crippen LogP contribution in [-0.2, 0) is 10.2 Å². The van der Waals surface area contributed by atoms with Crippen LogP contribution in [0.1, 0.15) is 33.3 Å². The molecule has 0 aliphatic heterocycles. The van der Waals surface area contributed by atoms with Crippen LogP contribution < -0.4 is 19.5 Å². The van der Waals surface area contributed by atoms with E-state index in [4.69, 9.17) is 14.2 Å². The van der Waals surface area contributed by atoms with Gasteiger partial charge in [0.05, 0.1) is 13.7 Å². The maximum Gasteiger partial charge on any atom is 0.260 e. The van der Waals surface area contributed by atoms with Crippen LogP contribution in [0.5, 0.6) is 17.2 Å². The van der Waals surface area contributed by atoms with Gasteiger partial charge in [0.2, 0.25) is 0 Å². The fourth-order valence-electron chi connectivity index (χ4n) is 2.47. The maximum atomic E-state index is 12.1. The first-order valence-electron chi connectivity index (χ1n) is 9.11. The van der Waals surface area contributed by atoms with Crippen LogP contribution in [0.25, 0.3) is 0 Å². The third-order valence-electron chi connectivity index (χ3n) is 4.11. The normalized spacial score (nSPS) is 12.2. The standard InChI is InChI=1S/C22H29NO4/c1-16(27-20-8-6-7-19(15-20)25-5)21(24)23-13-14-26-18-11-9-17(10-12-18)22(2,3)4/h6-12,15-16H,13-14H2,1-5H3,(H,23,24)/t16-/m0/s1. The van der Waals surface area contributed by atoms with Crippen molar-refractivity contribution >= 4 is 5.91 Å². The van der Waals surface area contributed by atoms with Crippen LogP contribution in [0.3, 0.4) is 0 Å². The van der Waals surface area contributed by atoms with E-state index in [9.17, 15) is 4.79 Å². The van der Waals surface area contributed by atoms with E-state index in [1.807, 2.05) is 24.3 Å². The molecule has 146 valence electrons. The molecule has 0 aliphatic rings. The van der Waals surface area contributed by atoms with Crippen molar-refractivity contribution in [2.45, 2.75) is 39.2 Å². The molecule has 1 N–H and O–H groups in total. The average Bonchev–Trinajstić information content (AvgIpc) is 2.64. The van der Waals surface area contributed by atoms with Crippen molar-refractivity contribution in [3.63, 3.8) is 0 Å². The highest BCUT2D eigenvalue weighted by Crippen LogP contribution is 2.24. The third-order valence-corrected chi connectivity index (χ3v) is 4.11. The van der Waals surface area contributed by atoms with E-state index in [1.54, 1.807) is 26.2 Å². The Kier molecular flexibility index (Phi) is 7.11. The Hall–Kier alpha value is -2.69. The van der Waals surface area contributed by atoms with E-state index >= 15 is 0 Å². The maximum absolute atomic E-state index is 12.1. The summed E-state index contributed by atoms with van der Waals surface area (Å²) in [5.74, 6) is 1.88. The largest absolute Gasteiger partial charge is 0.497 e. The Morgan fingerprint density at radius 2 is 1.70 bits per heavy atom. The summed E-state index contributed by atoms with van der Waals surface area (Å²) in [7, 11) is 1.59. The van der Waals surface area contributed by atoms with Gasteiger partial charge in [-0.3, -0.25) is 4.79 Å². The zero-order valence-electron chi connectivity index (χ0n) is 16.7. The SMILES string of the molecule is COc1cccc(O[C@@H](C)C(=O)NCCOc2ccc(C(C)(C)C)cc2)c1. The lowest BCUT2D eigenvalue weighted by Crippen LogP contribution is -2.38. The number of methoxy groups -OCH3 is 1. The number of benzene rings is 2. The van der Waals surface area contributed by atoms with Gasteiger partial charge in [0.1, 0.15) is 23.9 Å². The van der Waals surface area contributed by atoms with E-state index in [-0.39, 0.29) is 11.3 Å². The molecule has 2 aromatic rings. The highest BCUT2D eigenvalue weighted by molar-refractivity contribution is 5.80. The molecule has 2 rings (SSSR count). The molecular weight excluding hydrogens is 342 g/mol. The van der Waals surface area contributed by atoms with Crippen molar-refractivity contribution in [2.75, 3.05) is 20.3 Å². The first-order valence-corrected chi connectivity index (χ1v) is 9.11. The van der Waals surface area contributed by atoms with Gasteiger partial charge in [0, 0.05) is 6.07 Å². The molecule has 0 aromatic heterocycles. The molecule has 0 saturated carbocycles. The fraction of sp³-hybridized carbons (Fsp3) is 0.409. The average molecular weight is 371 g/mol. The van der Waals surface area contributed by atoms with Gasteiger partial charge in [-0.2, -0.15) is 0 Å². The summed E-state index contributed by atoms with van der Waals surface area (Å²) >= 11 is 0. The summed E-state index contributed by atoms with van der Waals surface area (Å²) in [5, 5.41) is 2.82. The molecule has 27 heavy (non-hydrogen) atoms. The van der Waals surface area contributed by atoms with Gasteiger partial charge in [-0.05, 0) is 42.2 Å². The molecule has 0 radical (unpaired) electrons. The minimum absolute atomic E-state index is 0.116. The molecule has 1 amide bonds. The van der Waals surface area contributed by atoms with Gasteiger partial charge in [-0.25, -0.2) is 0 Å². The van der Waals surface area contributed by atoms with Crippen molar-refractivity contribution in [2.24, 2.45) is 0 Å². The van der Waals surface area contributed by atoms with Crippen molar-refractivity contribution < 1.29 is 19.0 Å². The molecular formula is C22H29NO4. The van der Waals surface area contributed by atoms with E-state index < -0.39 is 6.10 Å². The Bertz CT molecular complexity index is 735. The summed E-state index contributed by atoms with van der Waals surface area (Å²) in [6, 6.07) is 15.2. The number of amides is 1. The number of carbonyl (C=O) groups is 1. The lowest BCUT2D eigenvalue weighted by molar-refractivity contribution is -0.127. The highest BCUT2D eigenvalue weighted by Gasteiger charge is 2.15. The molecule has 0 aliphatic carbocycles. The Morgan fingerprint density at radius 3 is 2.33 bits per heavy atom. The van der Waals surface area contributed by atoms with E-state index in [0.29, 0.717) is 24.7 Å². The summed E-state index contributed by atoms with van der Waals surface area (Å²) in [4.78, 5) is 12.1. The molecule has 0 unspecified atom stereocenters. The molecule has 0 saturated heterocycles. The van der Waals surface area contributed by atoms with Gasteiger partial charge in [0.25, 0.3) is 5.91 Å². The molecule has 0 bridgehead atoms. The van der Waals surface area contributed by atoms with Crippen LogP contribution in [-0.4, -0.2) is 32.3 Å². The second-order valence-electron chi connectivity index (χ2n) is 7.35. The molecule has 0 fully saturated rings. The quantitative estimate of drug-likeness (QED) is 0.714. The van der Waals surface area contributed by atoms with Crippen LogP contribution in [0.2, 0.25) is 0 Å². The molecule has 5 nitrogen and oxygen atoms in total. The predicted octanol–water partition coefficient (Wildman–Crippen LogP) is 3.96. The Labute approximate surface area is 161 Å². The van der Waals surface area contributed by atoms with Crippen LogP contribution in [0.4, 0.5) is 0 Å². The number of hydrogen-bond donors (Lipinski definition) is 1. The zero-order valence-corrected chi connectivity index (χ0v) is 16.7. The summed E-state index contributed by atoms with van der Waals surface area (Å²) < 4.78 is 16.5. The Morgan fingerprint density at radius 1 is 1.04 bits per heavy atom. The van der Waals surface area contributed by atoms with Gasteiger partial charge >= 0.3 is 0 Å². The van der Waals surface area contributed by atoms with Crippen molar-refractivity contribution in [1.82, 2.24) is 5.32 Å². The monoisotopic (exact) mass is 371 g/mol. The number of hydrogen-bond acceptors (Lipinski definition) is 4.